The van der Waals surface area contributed by atoms with Crippen molar-refractivity contribution in [3.05, 3.63) is 65.7 Å². The SMILES string of the molecule is CC(C)C[C@H](NC(=O)[C@H](Cc1ccccc1)N(C(=O)CNC(=O)[C@@H](N)Cc1ccc(O)cc1)C(=O)C(C)(C)N)C(=O)O. The van der Waals surface area contributed by atoms with Crippen LogP contribution in [-0.4, -0.2) is 74.9 Å². The highest BCUT2D eigenvalue weighted by atomic mass is 16.4. The van der Waals surface area contributed by atoms with E-state index in [4.69, 9.17) is 11.5 Å². The van der Waals surface area contributed by atoms with Gasteiger partial charge in [0.2, 0.25) is 23.6 Å². The maximum atomic E-state index is 13.6. The summed E-state index contributed by atoms with van der Waals surface area (Å²) in [4.78, 5) is 66.0. The van der Waals surface area contributed by atoms with E-state index in [9.17, 15) is 34.2 Å². The van der Waals surface area contributed by atoms with E-state index in [-0.39, 0.29) is 30.9 Å². The van der Waals surface area contributed by atoms with Crippen molar-refractivity contribution in [1.82, 2.24) is 15.5 Å². The minimum atomic E-state index is -1.59. The number of hydrogen-bond donors (Lipinski definition) is 6. The van der Waals surface area contributed by atoms with E-state index < -0.39 is 59.8 Å². The molecule has 2 rings (SSSR count). The van der Waals surface area contributed by atoms with Gasteiger partial charge >= 0.3 is 5.97 Å². The van der Waals surface area contributed by atoms with E-state index in [0.717, 1.165) is 0 Å². The summed E-state index contributed by atoms with van der Waals surface area (Å²) < 4.78 is 0. The number of nitrogens with one attached hydrogen (secondary N) is 2. The Hall–Kier alpha value is -4.29. The van der Waals surface area contributed by atoms with Crippen molar-refractivity contribution < 1.29 is 34.2 Å². The van der Waals surface area contributed by atoms with Crippen LogP contribution in [-0.2, 0) is 36.8 Å². The summed E-state index contributed by atoms with van der Waals surface area (Å²) in [5.41, 5.74) is 11.8. The Labute approximate surface area is 245 Å². The number of carboxylic acid groups (broad SMARTS) is 1. The van der Waals surface area contributed by atoms with Gasteiger partial charge in [-0.3, -0.25) is 24.1 Å². The zero-order chi connectivity index (χ0) is 31.6. The number of nitrogens with zero attached hydrogens (tertiary/aromatic N) is 1. The lowest BCUT2D eigenvalue weighted by Crippen LogP contribution is -2.63. The normalized spacial score (nSPS) is 13.5. The van der Waals surface area contributed by atoms with Crippen molar-refractivity contribution in [2.75, 3.05) is 6.54 Å². The molecule has 8 N–H and O–H groups in total. The van der Waals surface area contributed by atoms with Gasteiger partial charge in [-0.15, -0.1) is 0 Å². The van der Waals surface area contributed by atoms with E-state index in [1.807, 2.05) is 0 Å². The second kappa shape index (κ2) is 15.1. The molecule has 0 aliphatic heterocycles. The molecule has 2 aromatic rings. The quantitative estimate of drug-likeness (QED) is 0.185. The van der Waals surface area contributed by atoms with Crippen LogP contribution in [0.2, 0.25) is 0 Å². The standard InChI is InChI=1S/C30H41N5O7/c1-18(2)14-23(28(40)41)34-27(39)24(16-19-8-6-5-7-9-19)35(29(42)30(3,4)32)25(37)17-33-26(38)22(31)15-20-10-12-21(36)13-11-20/h5-13,18,22-24,36H,14-17,31-32H2,1-4H3,(H,33,38)(H,34,39)(H,40,41)/t22-,23-,24-/m0/s1. The van der Waals surface area contributed by atoms with E-state index in [2.05, 4.69) is 10.6 Å². The number of nitrogens with two attached hydrogens (primary N) is 2. The van der Waals surface area contributed by atoms with E-state index in [1.54, 1.807) is 56.3 Å². The summed E-state index contributed by atoms with van der Waals surface area (Å²) in [5, 5.41) is 24.0. The number of benzene rings is 2. The van der Waals surface area contributed by atoms with Gasteiger partial charge in [-0.25, -0.2) is 4.79 Å². The third-order valence-corrected chi connectivity index (χ3v) is 6.39. The third-order valence-electron chi connectivity index (χ3n) is 6.39. The fourth-order valence-corrected chi connectivity index (χ4v) is 4.20. The number of hydrogen-bond acceptors (Lipinski definition) is 8. The topological polar surface area (TPSA) is 205 Å². The number of phenolic OH excluding ortho intramolecular Hbond substituents is 1. The van der Waals surface area contributed by atoms with Gasteiger partial charge in [0, 0.05) is 6.42 Å². The summed E-state index contributed by atoms with van der Waals surface area (Å²) >= 11 is 0. The predicted molar refractivity (Wildman–Crippen MR) is 156 cm³/mol. The van der Waals surface area contributed by atoms with Gasteiger partial charge in [-0.2, -0.15) is 0 Å². The number of amides is 4. The molecule has 12 nitrogen and oxygen atoms in total. The molecule has 3 atom stereocenters. The van der Waals surface area contributed by atoms with Crippen molar-refractivity contribution in [3.8, 4) is 5.75 Å². The van der Waals surface area contributed by atoms with Crippen molar-refractivity contribution in [2.45, 2.75) is 70.6 Å². The molecule has 42 heavy (non-hydrogen) atoms. The fraction of sp³-hybridized carbons (Fsp3) is 0.433. The van der Waals surface area contributed by atoms with Gasteiger partial charge in [0.05, 0.1) is 18.1 Å². The summed E-state index contributed by atoms with van der Waals surface area (Å²) in [6, 6.07) is 11.0. The largest absolute Gasteiger partial charge is 0.508 e. The second-order valence-electron chi connectivity index (χ2n) is 11.2. The number of aliphatic carboxylic acids is 1. The molecule has 12 heteroatoms. The Morgan fingerprint density at radius 1 is 0.905 bits per heavy atom. The molecule has 0 aliphatic rings. The van der Waals surface area contributed by atoms with Crippen LogP contribution in [0.1, 0.15) is 45.2 Å². The molecule has 0 aromatic heterocycles. The van der Waals surface area contributed by atoms with Crippen molar-refractivity contribution in [1.29, 1.82) is 0 Å². The maximum absolute atomic E-state index is 13.6. The van der Waals surface area contributed by atoms with Crippen LogP contribution in [0, 0.1) is 5.92 Å². The number of imide groups is 1. The van der Waals surface area contributed by atoms with E-state index in [1.165, 1.54) is 26.0 Å². The Morgan fingerprint density at radius 2 is 1.48 bits per heavy atom. The van der Waals surface area contributed by atoms with Gasteiger partial charge in [-0.05, 0) is 55.9 Å². The monoisotopic (exact) mass is 583 g/mol. The molecule has 0 radical (unpaired) electrons. The van der Waals surface area contributed by atoms with Gasteiger partial charge < -0.3 is 32.3 Å². The molecule has 0 spiro atoms. The molecular formula is C30H41N5O7. The number of phenols is 1. The van der Waals surface area contributed by atoms with Crippen molar-refractivity contribution in [2.24, 2.45) is 17.4 Å². The average Bonchev–Trinajstić information content (AvgIpc) is 2.91. The van der Waals surface area contributed by atoms with E-state index in [0.29, 0.717) is 16.0 Å². The minimum absolute atomic E-state index is 0.0583. The molecule has 0 bridgehead atoms. The van der Waals surface area contributed by atoms with Crippen LogP contribution in [0.3, 0.4) is 0 Å². The molecule has 228 valence electrons. The Kier molecular flexibility index (Phi) is 12.2. The Bertz CT molecular complexity index is 1240. The Balaban J connectivity index is 2.35. The van der Waals surface area contributed by atoms with Gasteiger partial charge in [0.1, 0.15) is 17.8 Å². The summed E-state index contributed by atoms with van der Waals surface area (Å²) in [7, 11) is 0. The smallest absolute Gasteiger partial charge is 0.326 e. The van der Waals surface area contributed by atoms with Crippen LogP contribution in [0.4, 0.5) is 0 Å². The maximum Gasteiger partial charge on any atom is 0.326 e. The number of carbonyl (C=O) groups is 5. The summed E-state index contributed by atoms with van der Waals surface area (Å²) in [6.07, 6.45) is 0.116. The molecule has 2 aromatic carbocycles. The highest BCUT2D eigenvalue weighted by Crippen LogP contribution is 2.17. The first-order chi connectivity index (χ1) is 19.6. The summed E-state index contributed by atoms with van der Waals surface area (Å²) in [5.74, 6) is -4.60. The van der Waals surface area contributed by atoms with Crippen LogP contribution < -0.4 is 22.1 Å². The van der Waals surface area contributed by atoms with Crippen molar-refractivity contribution >= 4 is 29.6 Å². The lowest BCUT2D eigenvalue weighted by molar-refractivity contribution is -0.155. The number of aromatic hydroxyl groups is 1. The molecule has 4 amide bonds. The lowest BCUT2D eigenvalue weighted by Gasteiger charge is -2.34. The van der Waals surface area contributed by atoms with Crippen LogP contribution in [0.5, 0.6) is 5.75 Å². The lowest BCUT2D eigenvalue weighted by atomic mass is 9.98. The molecular weight excluding hydrogens is 542 g/mol. The number of carbonyl (C=O) groups excluding carboxylic acids is 4. The molecule has 0 aliphatic carbocycles. The molecule has 0 saturated heterocycles. The second-order valence-corrected chi connectivity index (χ2v) is 11.2. The van der Waals surface area contributed by atoms with Gasteiger partial charge in [0.15, 0.2) is 0 Å². The van der Waals surface area contributed by atoms with Gasteiger partial charge in [-0.1, -0.05) is 56.3 Å². The first kappa shape index (κ1) is 33.9. The van der Waals surface area contributed by atoms with Crippen LogP contribution in [0.15, 0.2) is 54.6 Å². The number of rotatable bonds is 14. The minimum Gasteiger partial charge on any atom is -0.508 e. The highest BCUT2D eigenvalue weighted by Gasteiger charge is 2.41. The number of carboxylic acids is 1. The molecule has 0 unspecified atom stereocenters. The zero-order valence-corrected chi connectivity index (χ0v) is 24.4. The predicted octanol–water partition coefficient (Wildman–Crippen LogP) is 0.698. The first-order valence-electron chi connectivity index (χ1n) is 13.6. The molecule has 0 saturated carbocycles. The molecule has 0 fully saturated rings. The molecule has 0 heterocycles. The van der Waals surface area contributed by atoms with E-state index >= 15 is 0 Å². The first-order valence-corrected chi connectivity index (χ1v) is 13.6. The zero-order valence-electron chi connectivity index (χ0n) is 24.4. The highest BCUT2D eigenvalue weighted by molar-refractivity contribution is 6.05. The van der Waals surface area contributed by atoms with Gasteiger partial charge in [0.25, 0.3) is 0 Å². The summed E-state index contributed by atoms with van der Waals surface area (Å²) in [6.45, 7) is 5.68. The van der Waals surface area contributed by atoms with Crippen LogP contribution >= 0.6 is 0 Å². The Morgan fingerprint density at radius 3 is 2.00 bits per heavy atom. The van der Waals surface area contributed by atoms with Crippen molar-refractivity contribution in [3.63, 3.8) is 0 Å². The fourth-order valence-electron chi connectivity index (χ4n) is 4.20. The third kappa shape index (κ3) is 10.3. The average molecular weight is 584 g/mol. The van der Waals surface area contributed by atoms with Crippen LogP contribution in [0.25, 0.3) is 0 Å².